The molecule has 0 unspecified atom stereocenters. The van der Waals surface area contributed by atoms with Gasteiger partial charge in [-0.25, -0.2) is 9.97 Å². The lowest BCUT2D eigenvalue weighted by Crippen LogP contribution is -2.16. The van der Waals surface area contributed by atoms with E-state index in [0.29, 0.717) is 23.2 Å². The fraction of sp³-hybridized carbons (Fsp3) is 0.267. The Balaban J connectivity index is 1.41. The number of methoxy groups -OCH3 is 1. The number of hydrogen-bond acceptors (Lipinski definition) is 8. The lowest BCUT2D eigenvalue weighted by atomic mass is 9.90. The van der Waals surface area contributed by atoms with Crippen LogP contribution in [0.1, 0.15) is 42.5 Å². The molecule has 0 saturated heterocycles. The molecule has 4 N–H and O–H groups in total. The summed E-state index contributed by atoms with van der Waals surface area (Å²) in [5.41, 5.74) is 8.21. The molecule has 0 bridgehead atoms. The Labute approximate surface area is 227 Å². The summed E-state index contributed by atoms with van der Waals surface area (Å²) in [6.45, 7) is 0.737. The highest BCUT2D eigenvalue weighted by molar-refractivity contribution is 5.98. The molecule has 0 spiro atoms. The van der Waals surface area contributed by atoms with Crippen molar-refractivity contribution in [1.29, 1.82) is 0 Å². The summed E-state index contributed by atoms with van der Waals surface area (Å²) < 4.78 is 12.0. The molecule has 0 radical (unpaired) electrons. The summed E-state index contributed by atoms with van der Waals surface area (Å²) in [4.78, 5) is 25.1. The van der Waals surface area contributed by atoms with Crippen molar-refractivity contribution in [2.75, 3.05) is 24.4 Å². The summed E-state index contributed by atoms with van der Waals surface area (Å²) in [5, 5.41) is 6.26. The summed E-state index contributed by atoms with van der Waals surface area (Å²) in [6.07, 6.45) is 9.41. The zero-order chi connectivity index (χ0) is 27.0. The van der Waals surface area contributed by atoms with Crippen LogP contribution in [-0.4, -0.2) is 34.6 Å². The number of benzene rings is 2. The maximum Gasteiger partial charge on any atom is 0.254 e. The van der Waals surface area contributed by atoms with E-state index < -0.39 is 5.91 Å². The number of amides is 1. The van der Waals surface area contributed by atoms with E-state index in [1.807, 2.05) is 54.6 Å². The van der Waals surface area contributed by atoms with Crippen molar-refractivity contribution in [3.63, 3.8) is 0 Å². The van der Waals surface area contributed by atoms with Crippen LogP contribution in [0.15, 0.2) is 73.1 Å². The number of rotatable bonds is 10. The third kappa shape index (κ3) is 6.43. The number of ether oxygens (including phenoxy) is 2. The molecule has 39 heavy (non-hydrogen) atoms. The number of primary amides is 1. The maximum absolute atomic E-state index is 12.2. The van der Waals surface area contributed by atoms with E-state index in [2.05, 4.69) is 25.6 Å². The van der Waals surface area contributed by atoms with Gasteiger partial charge in [-0.3, -0.25) is 4.79 Å². The second kappa shape index (κ2) is 12.3. The van der Waals surface area contributed by atoms with Crippen LogP contribution in [-0.2, 0) is 0 Å². The number of pyridine rings is 1. The van der Waals surface area contributed by atoms with Crippen LogP contribution in [0.2, 0.25) is 0 Å². The quantitative estimate of drug-likeness (QED) is 0.228. The molecule has 5 rings (SSSR count). The lowest BCUT2D eigenvalue weighted by molar-refractivity contribution is 0.100. The molecule has 2 aromatic carbocycles. The Morgan fingerprint density at radius 3 is 2.62 bits per heavy atom. The van der Waals surface area contributed by atoms with Gasteiger partial charge in [0.1, 0.15) is 28.7 Å². The average Bonchev–Trinajstić information content (AvgIpc) is 2.97. The molecule has 2 aromatic heterocycles. The first-order valence-electron chi connectivity index (χ1n) is 13.1. The van der Waals surface area contributed by atoms with Gasteiger partial charge in [-0.1, -0.05) is 49.6 Å². The third-order valence-electron chi connectivity index (χ3n) is 6.79. The Morgan fingerprint density at radius 1 is 1.00 bits per heavy atom. The monoisotopic (exact) mass is 524 g/mol. The zero-order valence-electron chi connectivity index (χ0n) is 21.9. The molecule has 9 nitrogen and oxygen atoms in total. The normalized spacial score (nSPS) is 13.5. The number of nitrogens with one attached hydrogen (secondary N) is 2. The second-order valence-electron chi connectivity index (χ2n) is 9.51. The minimum atomic E-state index is -0.653. The van der Waals surface area contributed by atoms with E-state index in [1.54, 1.807) is 19.4 Å². The number of nitrogens with zero attached hydrogens (tertiary/aromatic N) is 3. The van der Waals surface area contributed by atoms with Crippen LogP contribution in [0.4, 0.5) is 23.3 Å². The minimum Gasteiger partial charge on any atom is -0.494 e. The Hall–Kier alpha value is -4.66. The second-order valence-corrected chi connectivity index (χ2v) is 9.51. The van der Waals surface area contributed by atoms with Crippen molar-refractivity contribution in [1.82, 2.24) is 15.0 Å². The number of aromatic nitrogens is 3. The molecule has 4 aromatic rings. The predicted octanol–water partition coefficient (Wildman–Crippen LogP) is 6.09. The molecule has 1 aliphatic carbocycles. The van der Waals surface area contributed by atoms with Gasteiger partial charge < -0.3 is 25.8 Å². The molecule has 1 amide bonds. The summed E-state index contributed by atoms with van der Waals surface area (Å²) >= 11 is 0. The Morgan fingerprint density at radius 2 is 1.85 bits per heavy atom. The number of para-hydroxylation sites is 1. The Kier molecular flexibility index (Phi) is 8.16. The van der Waals surface area contributed by atoms with Crippen molar-refractivity contribution in [3.8, 4) is 22.6 Å². The number of nitrogens with two attached hydrogens (primary N) is 1. The molecule has 0 atom stereocenters. The highest BCUT2D eigenvalue weighted by Gasteiger charge is 2.18. The summed E-state index contributed by atoms with van der Waals surface area (Å²) in [5.74, 6) is 2.47. The number of hydrogen-bond donors (Lipinski definition) is 3. The van der Waals surface area contributed by atoms with E-state index >= 15 is 0 Å². The highest BCUT2D eigenvalue weighted by Crippen LogP contribution is 2.39. The molecule has 200 valence electrons. The predicted molar refractivity (Wildman–Crippen MR) is 152 cm³/mol. The van der Waals surface area contributed by atoms with Gasteiger partial charge in [-0.05, 0) is 54.7 Å². The van der Waals surface area contributed by atoms with Crippen molar-refractivity contribution in [2.45, 2.75) is 32.1 Å². The topological polar surface area (TPSA) is 124 Å². The third-order valence-corrected chi connectivity index (χ3v) is 6.79. The van der Waals surface area contributed by atoms with Crippen LogP contribution in [0.5, 0.6) is 11.5 Å². The van der Waals surface area contributed by atoms with Gasteiger partial charge >= 0.3 is 0 Å². The van der Waals surface area contributed by atoms with Crippen molar-refractivity contribution in [2.24, 2.45) is 11.7 Å². The fourth-order valence-corrected chi connectivity index (χ4v) is 4.80. The van der Waals surface area contributed by atoms with Gasteiger partial charge in [-0.15, -0.1) is 0 Å². The molecular formula is C30H32N6O3. The first-order chi connectivity index (χ1) is 19.1. The average molecular weight is 525 g/mol. The number of carbonyl (C=O) groups is 1. The van der Waals surface area contributed by atoms with E-state index in [0.717, 1.165) is 23.5 Å². The molecule has 0 aliphatic heterocycles. The van der Waals surface area contributed by atoms with E-state index in [1.165, 1.54) is 38.3 Å². The standard InChI is InChI=1S/C30H32N6O3/c1-38-27-23(21-11-7-12-22(17-21)39-19-20-9-3-2-4-10-20)13-8-14-25(27)34-29-24(28(31)37)18-33-30(36-29)35-26-15-5-6-16-32-26/h5-8,11-18,20H,2-4,9-10,19H2,1H3,(H2,31,37)(H2,32,33,34,35,36). The molecule has 9 heteroatoms. The van der Waals surface area contributed by atoms with Crippen LogP contribution in [0.3, 0.4) is 0 Å². The van der Waals surface area contributed by atoms with Crippen LogP contribution in [0.25, 0.3) is 11.1 Å². The Bertz CT molecular complexity index is 1420. The lowest BCUT2D eigenvalue weighted by Gasteiger charge is -2.22. The zero-order valence-corrected chi connectivity index (χ0v) is 21.9. The SMILES string of the molecule is COc1c(Nc2nc(Nc3ccccn3)ncc2C(N)=O)cccc1-c1cccc(OCC2CCCCC2)c1. The summed E-state index contributed by atoms with van der Waals surface area (Å²) in [6, 6.07) is 19.2. The minimum absolute atomic E-state index is 0.145. The van der Waals surface area contributed by atoms with E-state index in [9.17, 15) is 4.79 Å². The van der Waals surface area contributed by atoms with Gasteiger partial charge in [0.15, 0.2) is 0 Å². The van der Waals surface area contributed by atoms with Crippen LogP contribution < -0.4 is 25.8 Å². The first-order valence-corrected chi connectivity index (χ1v) is 13.1. The summed E-state index contributed by atoms with van der Waals surface area (Å²) in [7, 11) is 1.61. The first kappa shape index (κ1) is 26.0. The molecule has 1 saturated carbocycles. The molecule has 2 heterocycles. The number of carbonyl (C=O) groups excluding carboxylic acids is 1. The smallest absolute Gasteiger partial charge is 0.254 e. The van der Waals surface area contributed by atoms with Gasteiger partial charge in [0.2, 0.25) is 5.95 Å². The van der Waals surface area contributed by atoms with Gasteiger partial charge in [0.05, 0.1) is 19.4 Å². The van der Waals surface area contributed by atoms with Crippen LogP contribution in [0, 0.1) is 5.92 Å². The molecule has 1 aliphatic rings. The van der Waals surface area contributed by atoms with Crippen molar-refractivity contribution in [3.05, 3.63) is 78.6 Å². The number of anilines is 4. The largest absolute Gasteiger partial charge is 0.494 e. The van der Waals surface area contributed by atoms with Gasteiger partial charge in [0, 0.05) is 18.0 Å². The van der Waals surface area contributed by atoms with Crippen molar-refractivity contribution < 1.29 is 14.3 Å². The van der Waals surface area contributed by atoms with Crippen molar-refractivity contribution >= 4 is 29.2 Å². The maximum atomic E-state index is 12.2. The highest BCUT2D eigenvalue weighted by atomic mass is 16.5. The molecular weight excluding hydrogens is 492 g/mol. The fourth-order valence-electron chi connectivity index (χ4n) is 4.80. The molecule has 1 fully saturated rings. The van der Waals surface area contributed by atoms with E-state index in [-0.39, 0.29) is 17.3 Å². The van der Waals surface area contributed by atoms with Gasteiger partial charge in [0.25, 0.3) is 5.91 Å². The van der Waals surface area contributed by atoms with E-state index in [4.69, 9.17) is 15.2 Å². The van der Waals surface area contributed by atoms with Gasteiger partial charge in [-0.2, -0.15) is 4.98 Å². The van der Waals surface area contributed by atoms with Crippen LogP contribution >= 0.6 is 0 Å².